The molecule has 3 rings (SSSR count). The molecule has 17 unspecified atom stereocenters. The summed E-state index contributed by atoms with van der Waals surface area (Å²) in [5.74, 6) is -0.308. The van der Waals surface area contributed by atoms with Gasteiger partial charge in [-0.3, -0.25) is 4.79 Å². The van der Waals surface area contributed by atoms with Gasteiger partial charge >= 0.3 is 0 Å². The van der Waals surface area contributed by atoms with Crippen LogP contribution in [0.2, 0.25) is 0 Å². The summed E-state index contributed by atoms with van der Waals surface area (Å²) in [6, 6.07) is -1.01. The summed E-state index contributed by atoms with van der Waals surface area (Å²) in [6.45, 7) is 1.58. The zero-order valence-electron chi connectivity index (χ0n) is 55.8. The molecule has 12 N–H and O–H groups in total. The first kappa shape index (κ1) is 82.5. The molecule has 19 nitrogen and oxygen atoms in total. The molecule has 0 radical (unpaired) electrons. The van der Waals surface area contributed by atoms with Gasteiger partial charge in [0, 0.05) is 6.42 Å². The van der Waals surface area contributed by atoms with Crippen LogP contribution in [0, 0.1) is 0 Å². The van der Waals surface area contributed by atoms with Crippen molar-refractivity contribution >= 4 is 5.91 Å². The maximum atomic E-state index is 13.4. The van der Waals surface area contributed by atoms with Crippen LogP contribution in [-0.4, -0.2) is 193 Å². The Bertz CT molecular complexity index is 1930. The summed E-state index contributed by atoms with van der Waals surface area (Å²) in [6.07, 6.45) is 40.5. The number of hydrogen-bond acceptors (Lipinski definition) is 18. The second kappa shape index (κ2) is 53.4. The minimum atomic E-state index is -1.99. The summed E-state index contributed by atoms with van der Waals surface area (Å²) in [5.41, 5.74) is 0. The Morgan fingerprint density at radius 3 is 1.23 bits per heavy atom. The Kier molecular flexibility index (Phi) is 48.4. The number of aliphatic hydroxyl groups excluding tert-OH is 11. The number of allylic oxidation sites excluding steroid dienone is 11. The fourth-order valence-corrected chi connectivity index (χ4v) is 11.7. The van der Waals surface area contributed by atoms with Crippen molar-refractivity contribution in [3.63, 3.8) is 0 Å². The van der Waals surface area contributed by atoms with Crippen LogP contribution in [0.25, 0.3) is 0 Å². The number of rotatable bonds is 54. The van der Waals surface area contributed by atoms with Crippen LogP contribution in [0.15, 0.2) is 72.9 Å². The van der Waals surface area contributed by atoms with Gasteiger partial charge in [0.1, 0.15) is 73.2 Å². The third kappa shape index (κ3) is 35.2. The van der Waals surface area contributed by atoms with E-state index in [-0.39, 0.29) is 18.9 Å². The van der Waals surface area contributed by atoms with Gasteiger partial charge in [0.15, 0.2) is 18.9 Å². The number of amides is 1. The van der Waals surface area contributed by atoms with Crippen molar-refractivity contribution in [1.29, 1.82) is 0 Å². The third-order valence-corrected chi connectivity index (χ3v) is 17.5. The smallest absolute Gasteiger partial charge is 0.220 e. The first-order valence-corrected chi connectivity index (χ1v) is 35.7. The van der Waals surface area contributed by atoms with Crippen molar-refractivity contribution < 1.29 is 89.4 Å². The number of ether oxygens (including phenoxy) is 6. The van der Waals surface area contributed by atoms with Crippen LogP contribution in [0.1, 0.15) is 245 Å². The lowest BCUT2D eigenvalue weighted by molar-refractivity contribution is -0.379. The molecule has 0 aromatic carbocycles. The number of hydrogen-bond donors (Lipinski definition) is 12. The van der Waals surface area contributed by atoms with E-state index in [1.165, 1.54) is 135 Å². The van der Waals surface area contributed by atoms with Gasteiger partial charge in [-0.25, -0.2) is 0 Å². The quantitative estimate of drug-likeness (QED) is 0.0199. The van der Waals surface area contributed by atoms with E-state index in [4.69, 9.17) is 28.4 Å². The van der Waals surface area contributed by atoms with Crippen LogP contribution in [0.3, 0.4) is 0 Å². The predicted molar refractivity (Wildman–Crippen MR) is 355 cm³/mol. The molecule has 528 valence electrons. The van der Waals surface area contributed by atoms with Crippen molar-refractivity contribution in [3.8, 4) is 0 Å². The van der Waals surface area contributed by atoms with Crippen LogP contribution in [0.4, 0.5) is 0 Å². The van der Waals surface area contributed by atoms with E-state index in [0.29, 0.717) is 12.8 Å². The van der Waals surface area contributed by atoms with Gasteiger partial charge in [-0.05, 0) is 77.0 Å². The Labute approximate surface area is 547 Å². The van der Waals surface area contributed by atoms with Gasteiger partial charge in [0.2, 0.25) is 5.91 Å². The predicted octanol–water partition coefficient (Wildman–Crippen LogP) is 9.72. The Hall–Kier alpha value is -2.77. The summed E-state index contributed by atoms with van der Waals surface area (Å²) in [5, 5.41) is 120. The largest absolute Gasteiger partial charge is 0.394 e. The first-order valence-electron chi connectivity index (χ1n) is 35.7. The SMILES string of the molecule is CC/C=C\C/C=C\C/C=C\CCCCCCCC(=O)NC(COC1OC(CO)C(OC2OC(CO)C(OC3OC(CO)C(O)C(O)C3O)C(O)C2O)C(O)C1O)C(O)/C=C/CC/C=C/CC/C=C/CCCCCCCCCCCCCCCCCCCCCCC. The van der Waals surface area contributed by atoms with E-state index in [0.717, 1.165) is 77.0 Å². The number of carbonyl (C=O) groups excluding carboxylic acids is 1. The minimum Gasteiger partial charge on any atom is -0.394 e. The molecule has 0 aromatic rings. The molecular formula is C72H127NO18. The average Bonchev–Trinajstić information content (AvgIpc) is 0.883. The molecule has 3 fully saturated rings. The normalized spacial score (nSPS) is 28.3. The molecule has 3 aliphatic rings. The summed E-state index contributed by atoms with van der Waals surface area (Å²) in [4.78, 5) is 13.4. The van der Waals surface area contributed by atoms with E-state index >= 15 is 0 Å². The molecule has 0 aliphatic carbocycles. The van der Waals surface area contributed by atoms with Crippen LogP contribution >= 0.6 is 0 Å². The lowest BCUT2D eigenvalue weighted by Gasteiger charge is -2.48. The van der Waals surface area contributed by atoms with Gasteiger partial charge in [-0.1, -0.05) is 234 Å². The van der Waals surface area contributed by atoms with Crippen molar-refractivity contribution in [2.24, 2.45) is 0 Å². The molecule has 19 heteroatoms. The standard InChI is InChI=1S/C72H127NO18/c1-3-5-7-9-11-13-15-17-19-20-21-22-23-24-25-26-27-28-29-30-31-32-33-34-36-37-39-41-43-45-47-49-56(77)55(73-60(78)50-48-46-44-42-40-38-35-18-16-14-12-10-8-6-4-2)54-86-70-66(84)63(81)68(58(52-75)88-70)91-72-67(85)64(82)69(59(53-76)89-72)90-71-65(83)62(80)61(79)57(51-74)87-71/h6,8,12,14,18,33-35,39,41,47,49,55-59,61-72,74-77,79-85H,3-5,7,9-11,13,15-17,19-32,36-38,40,42-46,48,50-54H2,1-2H3,(H,73,78)/b8-6-,14-12-,34-33+,35-18-,41-39+,49-47+. The Morgan fingerprint density at radius 1 is 0.407 bits per heavy atom. The monoisotopic (exact) mass is 1290 g/mol. The van der Waals surface area contributed by atoms with E-state index in [9.17, 15) is 61.0 Å². The summed E-state index contributed by atoms with van der Waals surface area (Å²) >= 11 is 0. The fraction of sp³-hybridized carbons (Fsp3) is 0.819. The highest BCUT2D eigenvalue weighted by Crippen LogP contribution is 2.33. The van der Waals surface area contributed by atoms with Crippen molar-refractivity contribution in [3.05, 3.63) is 72.9 Å². The Balaban J connectivity index is 1.42. The van der Waals surface area contributed by atoms with Crippen molar-refractivity contribution in [2.75, 3.05) is 26.4 Å². The van der Waals surface area contributed by atoms with E-state index in [1.54, 1.807) is 6.08 Å². The highest BCUT2D eigenvalue weighted by atomic mass is 16.8. The van der Waals surface area contributed by atoms with Gasteiger partial charge in [0.25, 0.3) is 0 Å². The van der Waals surface area contributed by atoms with Gasteiger partial charge in [-0.2, -0.15) is 0 Å². The lowest BCUT2D eigenvalue weighted by Crippen LogP contribution is -2.66. The summed E-state index contributed by atoms with van der Waals surface area (Å²) in [7, 11) is 0. The molecule has 0 saturated carbocycles. The topological polar surface area (TPSA) is 307 Å². The molecule has 0 spiro atoms. The summed E-state index contributed by atoms with van der Waals surface area (Å²) < 4.78 is 34.3. The molecule has 91 heavy (non-hydrogen) atoms. The van der Waals surface area contributed by atoms with E-state index in [1.807, 2.05) is 6.08 Å². The first-order chi connectivity index (χ1) is 44.3. The minimum absolute atomic E-state index is 0.209. The lowest BCUT2D eigenvalue weighted by atomic mass is 9.96. The molecule has 17 atom stereocenters. The molecular weight excluding hydrogens is 1170 g/mol. The van der Waals surface area contributed by atoms with Gasteiger partial charge < -0.3 is 89.9 Å². The Morgan fingerprint density at radius 2 is 0.769 bits per heavy atom. The zero-order chi connectivity index (χ0) is 66.1. The maximum Gasteiger partial charge on any atom is 0.220 e. The molecule has 0 bridgehead atoms. The molecule has 1 amide bonds. The molecule has 3 heterocycles. The number of nitrogens with one attached hydrogen (secondary N) is 1. The van der Waals surface area contributed by atoms with E-state index < -0.39 is 124 Å². The molecule has 3 aliphatic heterocycles. The highest BCUT2D eigenvalue weighted by molar-refractivity contribution is 5.76. The molecule has 3 saturated heterocycles. The second-order valence-electron chi connectivity index (χ2n) is 25.3. The highest BCUT2D eigenvalue weighted by Gasteiger charge is 2.53. The fourth-order valence-electron chi connectivity index (χ4n) is 11.7. The third-order valence-electron chi connectivity index (χ3n) is 17.5. The number of carbonyl (C=O) groups is 1. The van der Waals surface area contributed by atoms with Gasteiger partial charge in [-0.15, -0.1) is 0 Å². The van der Waals surface area contributed by atoms with Crippen molar-refractivity contribution in [1.82, 2.24) is 5.32 Å². The van der Waals surface area contributed by atoms with Crippen LogP contribution in [-0.2, 0) is 33.2 Å². The van der Waals surface area contributed by atoms with Crippen LogP contribution in [0.5, 0.6) is 0 Å². The van der Waals surface area contributed by atoms with Crippen LogP contribution < -0.4 is 5.32 Å². The van der Waals surface area contributed by atoms with Crippen molar-refractivity contribution in [2.45, 2.75) is 349 Å². The second-order valence-corrected chi connectivity index (χ2v) is 25.3. The zero-order valence-corrected chi connectivity index (χ0v) is 55.8. The average molecular weight is 1290 g/mol. The number of unbranched alkanes of at least 4 members (excludes halogenated alkanes) is 28. The number of aliphatic hydroxyl groups is 11. The van der Waals surface area contributed by atoms with E-state index in [2.05, 4.69) is 79.9 Å². The maximum absolute atomic E-state index is 13.4. The van der Waals surface area contributed by atoms with Gasteiger partial charge in [0.05, 0.1) is 38.6 Å². The molecule has 0 aromatic heterocycles.